The number of nitrogens with zero attached hydrogens (tertiary/aromatic N) is 1. The molecule has 3 atom stereocenters. The Balaban J connectivity index is 2.05. The molecule has 1 aliphatic heterocycles. The second kappa shape index (κ2) is 9.18. The van der Waals surface area contributed by atoms with Gasteiger partial charge in [-0.05, 0) is 30.5 Å². The highest BCUT2D eigenvalue weighted by Crippen LogP contribution is 2.19. The lowest BCUT2D eigenvalue weighted by Crippen LogP contribution is -2.54. The molecule has 0 bridgehead atoms. The van der Waals surface area contributed by atoms with Gasteiger partial charge in [-0.2, -0.15) is 0 Å². The first-order valence-corrected chi connectivity index (χ1v) is 8.78. The van der Waals surface area contributed by atoms with Gasteiger partial charge in [-0.1, -0.05) is 12.1 Å². The minimum absolute atomic E-state index is 0.000544. The van der Waals surface area contributed by atoms with Gasteiger partial charge in [0.1, 0.15) is 17.8 Å². The largest absolute Gasteiger partial charge is 0.508 e. The first-order chi connectivity index (χ1) is 13.2. The van der Waals surface area contributed by atoms with E-state index in [4.69, 9.17) is 10.8 Å². The lowest BCUT2D eigenvalue weighted by molar-refractivity contribution is -0.145. The van der Waals surface area contributed by atoms with Crippen LogP contribution in [0.15, 0.2) is 24.3 Å². The van der Waals surface area contributed by atoms with Gasteiger partial charge in [0, 0.05) is 13.0 Å². The van der Waals surface area contributed by atoms with E-state index in [2.05, 4.69) is 5.32 Å². The number of amides is 2. The number of phenolic OH excluding ortho intramolecular Hbond substituents is 1. The van der Waals surface area contributed by atoms with Gasteiger partial charge in [0.15, 0.2) is 0 Å². The number of carbonyl (C=O) groups is 4. The number of phenols is 1. The third kappa shape index (κ3) is 5.43. The van der Waals surface area contributed by atoms with Gasteiger partial charge in [0.25, 0.3) is 0 Å². The van der Waals surface area contributed by atoms with E-state index in [0.717, 1.165) is 0 Å². The summed E-state index contributed by atoms with van der Waals surface area (Å²) in [5.41, 5.74) is 6.21. The van der Waals surface area contributed by atoms with Crippen molar-refractivity contribution in [3.05, 3.63) is 29.8 Å². The molecule has 0 aliphatic carbocycles. The molecule has 0 aromatic heterocycles. The number of carbonyl (C=O) groups excluding carboxylic acids is 2. The standard InChI is InChI=1S/C18H23N3O7/c19-12(9-15(23)24)17(26)21-7-1-2-14(21)16(25)20-13(18(27)28)8-10-3-5-11(22)6-4-10/h3-6,12-14,22H,1-2,7-9,19H2,(H,20,25)(H,23,24)(H,27,28)/t12-,13-,14-/m0/s1. The molecule has 2 rings (SSSR count). The second-order valence-corrected chi connectivity index (χ2v) is 6.66. The third-order valence-corrected chi connectivity index (χ3v) is 4.54. The maximum Gasteiger partial charge on any atom is 0.326 e. The predicted octanol–water partition coefficient (Wildman–Crippen LogP) is -0.703. The number of aromatic hydroxyl groups is 1. The molecule has 10 nitrogen and oxygen atoms in total. The fraction of sp³-hybridized carbons (Fsp3) is 0.444. The summed E-state index contributed by atoms with van der Waals surface area (Å²) in [5, 5.41) is 29.9. The maximum atomic E-state index is 12.6. The van der Waals surface area contributed by atoms with Gasteiger partial charge >= 0.3 is 11.9 Å². The molecule has 1 aliphatic rings. The Kier molecular flexibility index (Phi) is 6.94. The average molecular weight is 393 g/mol. The van der Waals surface area contributed by atoms with Gasteiger partial charge in [0.05, 0.1) is 12.5 Å². The molecular formula is C18H23N3O7. The Hall–Kier alpha value is -3.14. The number of nitrogens with one attached hydrogen (secondary N) is 1. The van der Waals surface area contributed by atoms with Crippen LogP contribution >= 0.6 is 0 Å². The summed E-state index contributed by atoms with van der Waals surface area (Å²) in [6.07, 6.45) is 0.311. The molecule has 0 unspecified atom stereocenters. The molecule has 1 heterocycles. The topological polar surface area (TPSA) is 170 Å². The zero-order valence-electron chi connectivity index (χ0n) is 15.1. The van der Waals surface area contributed by atoms with E-state index in [1.807, 2.05) is 0 Å². The van der Waals surface area contributed by atoms with Gasteiger partial charge < -0.3 is 31.3 Å². The van der Waals surface area contributed by atoms with E-state index in [-0.39, 0.29) is 18.7 Å². The number of aliphatic carboxylic acids is 2. The normalized spacial score (nSPS) is 18.3. The second-order valence-electron chi connectivity index (χ2n) is 6.66. The molecule has 1 fully saturated rings. The van der Waals surface area contributed by atoms with E-state index >= 15 is 0 Å². The maximum absolute atomic E-state index is 12.6. The first kappa shape index (κ1) is 21.2. The van der Waals surface area contributed by atoms with Gasteiger partial charge in [-0.25, -0.2) is 4.79 Å². The highest BCUT2D eigenvalue weighted by atomic mass is 16.4. The molecule has 152 valence electrons. The van der Waals surface area contributed by atoms with Crippen LogP contribution in [0.4, 0.5) is 0 Å². The Bertz CT molecular complexity index is 750. The summed E-state index contributed by atoms with van der Waals surface area (Å²) in [6, 6.07) is 2.55. The average Bonchev–Trinajstić information content (AvgIpc) is 3.11. The van der Waals surface area contributed by atoms with E-state index in [0.29, 0.717) is 18.4 Å². The number of carboxylic acids is 2. The highest BCUT2D eigenvalue weighted by Gasteiger charge is 2.37. The predicted molar refractivity (Wildman–Crippen MR) is 96.3 cm³/mol. The number of hydrogen-bond acceptors (Lipinski definition) is 6. The number of rotatable bonds is 8. The van der Waals surface area contributed by atoms with Crippen molar-refractivity contribution in [3.8, 4) is 5.75 Å². The molecule has 1 aromatic carbocycles. The SMILES string of the molecule is N[C@@H](CC(=O)O)C(=O)N1CCC[C@H]1C(=O)N[C@@H](Cc1ccc(O)cc1)C(=O)O. The van der Waals surface area contributed by atoms with Crippen LogP contribution in [0.25, 0.3) is 0 Å². The number of nitrogens with two attached hydrogens (primary N) is 1. The molecule has 6 N–H and O–H groups in total. The van der Waals surface area contributed by atoms with E-state index < -0.39 is 48.3 Å². The van der Waals surface area contributed by atoms with E-state index in [1.54, 1.807) is 12.1 Å². The lowest BCUT2D eigenvalue weighted by atomic mass is 10.0. The Labute approximate surface area is 160 Å². The van der Waals surface area contributed by atoms with Crippen LogP contribution in [0, 0.1) is 0 Å². The number of likely N-dealkylation sites (tertiary alicyclic amines) is 1. The van der Waals surface area contributed by atoms with E-state index in [9.17, 15) is 29.4 Å². The number of benzene rings is 1. The van der Waals surface area contributed by atoms with Crippen molar-refractivity contribution < 1.29 is 34.5 Å². The number of carboxylic acid groups (broad SMARTS) is 2. The van der Waals surface area contributed by atoms with Crippen molar-refractivity contribution in [2.45, 2.75) is 43.8 Å². The summed E-state index contributed by atoms with van der Waals surface area (Å²) in [7, 11) is 0. The Morgan fingerprint density at radius 3 is 2.39 bits per heavy atom. The van der Waals surface area contributed by atoms with Crippen molar-refractivity contribution in [3.63, 3.8) is 0 Å². The molecule has 1 saturated heterocycles. The molecule has 0 spiro atoms. The van der Waals surface area contributed by atoms with Gasteiger partial charge in [-0.15, -0.1) is 0 Å². The smallest absolute Gasteiger partial charge is 0.326 e. The van der Waals surface area contributed by atoms with Crippen molar-refractivity contribution in [2.24, 2.45) is 5.73 Å². The van der Waals surface area contributed by atoms with Crippen LogP contribution in [-0.4, -0.2) is 68.6 Å². The summed E-state index contributed by atoms with van der Waals surface area (Å²) in [5.74, 6) is -3.69. The van der Waals surface area contributed by atoms with Crippen molar-refractivity contribution >= 4 is 23.8 Å². The molecule has 0 saturated carbocycles. The monoisotopic (exact) mass is 393 g/mol. The van der Waals surface area contributed by atoms with Crippen molar-refractivity contribution in [1.82, 2.24) is 10.2 Å². The van der Waals surface area contributed by atoms with Crippen LogP contribution in [-0.2, 0) is 25.6 Å². The number of hydrogen-bond donors (Lipinski definition) is 5. The van der Waals surface area contributed by atoms with Crippen LogP contribution in [0.2, 0.25) is 0 Å². The van der Waals surface area contributed by atoms with Crippen LogP contribution in [0.5, 0.6) is 5.75 Å². The molecular weight excluding hydrogens is 370 g/mol. The van der Waals surface area contributed by atoms with Gasteiger partial charge in [0.2, 0.25) is 11.8 Å². The highest BCUT2D eigenvalue weighted by molar-refractivity contribution is 5.93. The molecule has 0 radical (unpaired) electrons. The van der Waals surface area contributed by atoms with E-state index in [1.165, 1.54) is 17.0 Å². The summed E-state index contributed by atoms with van der Waals surface area (Å²) in [4.78, 5) is 48.5. The fourth-order valence-electron chi connectivity index (χ4n) is 3.13. The van der Waals surface area contributed by atoms with Crippen LogP contribution in [0.1, 0.15) is 24.8 Å². The Morgan fingerprint density at radius 1 is 1.18 bits per heavy atom. The van der Waals surface area contributed by atoms with Crippen LogP contribution < -0.4 is 11.1 Å². The molecule has 1 aromatic rings. The molecule has 28 heavy (non-hydrogen) atoms. The molecule has 2 amide bonds. The molecule has 10 heteroatoms. The van der Waals surface area contributed by atoms with Crippen molar-refractivity contribution in [1.29, 1.82) is 0 Å². The summed E-state index contributed by atoms with van der Waals surface area (Å²) < 4.78 is 0. The zero-order chi connectivity index (χ0) is 20.8. The quantitative estimate of drug-likeness (QED) is 0.386. The first-order valence-electron chi connectivity index (χ1n) is 8.78. The summed E-state index contributed by atoms with van der Waals surface area (Å²) in [6.45, 7) is 0.250. The minimum atomic E-state index is -1.27. The van der Waals surface area contributed by atoms with Crippen molar-refractivity contribution in [2.75, 3.05) is 6.54 Å². The summed E-state index contributed by atoms with van der Waals surface area (Å²) >= 11 is 0. The lowest BCUT2D eigenvalue weighted by Gasteiger charge is -2.27. The third-order valence-electron chi connectivity index (χ3n) is 4.54. The minimum Gasteiger partial charge on any atom is -0.508 e. The van der Waals surface area contributed by atoms with Crippen LogP contribution in [0.3, 0.4) is 0 Å². The fourth-order valence-corrected chi connectivity index (χ4v) is 3.13. The Morgan fingerprint density at radius 2 is 1.82 bits per heavy atom. The van der Waals surface area contributed by atoms with Gasteiger partial charge in [-0.3, -0.25) is 14.4 Å². The zero-order valence-corrected chi connectivity index (χ0v) is 15.1.